The molecule has 0 aliphatic heterocycles. The largest absolute Gasteiger partial charge is 0.355 e. The summed E-state index contributed by atoms with van der Waals surface area (Å²) in [6, 6.07) is 9.61. The van der Waals surface area contributed by atoms with Gasteiger partial charge >= 0.3 is 0 Å². The number of nitrogens with one attached hydrogen (secondary N) is 2. The fourth-order valence-corrected chi connectivity index (χ4v) is 3.33. The highest BCUT2D eigenvalue weighted by Crippen LogP contribution is 2.33. The molecule has 1 aromatic heterocycles. The molecule has 0 saturated heterocycles. The second-order valence-electron chi connectivity index (χ2n) is 6.98. The standard InChI is InChI=1S/C22H31N3O2/c1-5-25(6-2)14-10-13-23-22(27)20-19(17-11-8-7-9-12-17)18(15-26)24-21(20)16(3)4/h7-9,11-12,15-16,24H,5-6,10,13-14H2,1-4H3,(H,23,27). The lowest BCUT2D eigenvalue weighted by atomic mass is 9.96. The Labute approximate surface area is 162 Å². The van der Waals surface area contributed by atoms with Gasteiger partial charge in [0.1, 0.15) is 0 Å². The smallest absolute Gasteiger partial charge is 0.253 e. The molecule has 1 aromatic carbocycles. The van der Waals surface area contributed by atoms with Gasteiger partial charge in [0, 0.05) is 17.8 Å². The Balaban J connectivity index is 2.27. The van der Waals surface area contributed by atoms with Crippen molar-refractivity contribution in [1.29, 1.82) is 0 Å². The molecule has 0 unspecified atom stereocenters. The first kappa shape index (κ1) is 20.9. The van der Waals surface area contributed by atoms with Crippen LogP contribution in [-0.4, -0.2) is 48.3 Å². The van der Waals surface area contributed by atoms with Crippen LogP contribution < -0.4 is 5.32 Å². The zero-order valence-electron chi connectivity index (χ0n) is 16.8. The molecule has 0 radical (unpaired) electrons. The van der Waals surface area contributed by atoms with Crippen LogP contribution in [0.5, 0.6) is 0 Å². The van der Waals surface area contributed by atoms with Crippen LogP contribution in [0.15, 0.2) is 30.3 Å². The zero-order valence-corrected chi connectivity index (χ0v) is 16.8. The van der Waals surface area contributed by atoms with Crippen molar-refractivity contribution < 1.29 is 9.59 Å². The Hall–Kier alpha value is -2.40. The molecule has 2 rings (SSSR count). The Morgan fingerprint density at radius 3 is 2.41 bits per heavy atom. The van der Waals surface area contributed by atoms with Crippen LogP contribution in [0.25, 0.3) is 11.1 Å². The number of aromatic amines is 1. The third kappa shape index (κ3) is 5.07. The summed E-state index contributed by atoms with van der Waals surface area (Å²) in [6.07, 6.45) is 1.70. The lowest BCUT2D eigenvalue weighted by Crippen LogP contribution is -2.30. The predicted octanol–water partition coefficient (Wildman–Crippen LogP) is 4.08. The number of hydrogen-bond donors (Lipinski definition) is 2. The van der Waals surface area contributed by atoms with E-state index in [0.29, 0.717) is 23.4 Å². The normalized spacial score (nSPS) is 11.2. The first-order chi connectivity index (χ1) is 13.0. The fraction of sp³-hybridized carbons (Fsp3) is 0.455. The lowest BCUT2D eigenvalue weighted by Gasteiger charge is -2.18. The van der Waals surface area contributed by atoms with Crippen molar-refractivity contribution in [3.8, 4) is 11.1 Å². The van der Waals surface area contributed by atoms with E-state index in [0.717, 1.165) is 43.6 Å². The number of H-pyrrole nitrogens is 1. The number of carbonyl (C=O) groups excluding carboxylic acids is 2. The Bertz CT molecular complexity index is 746. The molecule has 1 amide bonds. The van der Waals surface area contributed by atoms with E-state index >= 15 is 0 Å². The molecule has 2 aromatic rings. The van der Waals surface area contributed by atoms with Crippen molar-refractivity contribution in [3.63, 3.8) is 0 Å². The topological polar surface area (TPSA) is 65.2 Å². The maximum Gasteiger partial charge on any atom is 0.253 e. The molecule has 5 heteroatoms. The number of amides is 1. The van der Waals surface area contributed by atoms with Gasteiger partial charge in [-0.2, -0.15) is 0 Å². The lowest BCUT2D eigenvalue weighted by molar-refractivity contribution is 0.0951. The van der Waals surface area contributed by atoms with Crippen LogP contribution in [0.2, 0.25) is 0 Å². The van der Waals surface area contributed by atoms with Gasteiger partial charge in [0.25, 0.3) is 5.91 Å². The van der Waals surface area contributed by atoms with E-state index in [1.807, 2.05) is 44.2 Å². The second-order valence-corrected chi connectivity index (χ2v) is 6.98. The maximum atomic E-state index is 13.0. The van der Waals surface area contributed by atoms with Crippen LogP contribution in [0.3, 0.4) is 0 Å². The van der Waals surface area contributed by atoms with Crippen molar-refractivity contribution in [2.75, 3.05) is 26.2 Å². The van der Waals surface area contributed by atoms with E-state index in [1.165, 1.54) is 0 Å². The quantitative estimate of drug-likeness (QED) is 0.490. The van der Waals surface area contributed by atoms with Gasteiger partial charge in [-0.05, 0) is 37.5 Å². The summed E-state index contributed by atoms with van der Waals surface area (Å²) in [7, 11) is 0. The van der Waals surface area contributed by atoms with Crippen LogP contribution in [0.1, 0.15) is 66.6 Å². The number of benzene rings is 1. The van der Waals surface area contributed by atoms with Gasteiger partial charge in [0.15, 0.2) is 6.29 Å². The highest BCUT2D eigenvalue weighted by atomic mass is 16.1. The van der Waals surface area contributed by atoms with E-state index in [2.05, 4.69) is 29.0 Å². The van der Waals surface area contributed by atoms with E-state index < -0.39 is 0 Å². The Morgan fingerprint density at radius 1 is 1.19 bits per heavy atom. The van der Waals surface area contributed by atoms with Crippen molar-refractivity contribution >= 4 is 12.2 Å². The molecule has 27 heavy (non-hydrogen) atoms. The molecule has 1 heterocycles. The minimum Gasteiger partial charge on any atom is -0.355 e. The number of aldehydes is 1. The SMILES string of the molecule is CCN(CC)CCCNC(=O)c1c(C(C)C)[nH]c(C=O)c1-c1ccccc1. The monoisotopic (exact) mass is 369 g/mol. The molecule has 2 N–H and O–H groups in total. The van der Waals surface area contributed by atoms with Gasteiger partial charge in [0.2, 0.25) is 0 Å². The Morgan fingerprint density at radius 2 is 1.85 bits per heavy atom. The average molecular weight is 370 g/mol. The molecule has 0 saturated carbocycles. The maximum absolute atomic E-state index is 13.0. The summed E-state index contributed by atoms with van der Waals surface area (Å²) in [6.45, 7) is 11.9. The minimum absolute atomic E-state index is 0.109. The van der Waals surface area contributed by atoms with Gasteiger partial charge in [-0.1, -0.05) is 58.0 Å². The summed E-state index contributed by atoms with van der Waals surface area (Å²) in [5.74, 6) is -0.0148. The van der Waals surface area contributed by atoms with E-state index in [4.69, 9.17) is 0 Å². The number of aromatic nitrogens is 1. The predicted molar refractivity (Wildman–Crippen MR) is 110 cm³/mol. The molecule has 0 atom stereocenters. The average Bonchev–Trinajstić information content (AvgIpc) is 3.08. The van der Waals surface area contributed by atoms with Crippen LogP contribution in [0.4, 0.5) is 0 Å². The molecule has 0 aliphatic carbocycles. The molecule has 0 aliphatic rings. The van der Waals surface area contributed by atoms with Gasteiger partial charge in [0.05, 0.1) is 11.3 Å². The summed E-state index contributed by atoms with van der Waals surface area (Å²) in [5, 5.41) is 3.04. The van der Waals surface area contributed by atoms with Gasteiger partial charge < -0.3 is 15.2 Å². The van der Waals surface area contributed by atoms with E-state index in [9.17, 15) is 9.59 Å². The summed E-state index contributed by atoms with van der Waals surface area (Å²) < 4.78 is 0. The summed E-state index contributed by atoms with van der Waals surface area (Å²) in [4.78, 5) is 30.2. The van der Waals surface area contributed by atoms with Gasteiger partial charge in [-0.25, -0.2) is 0 Å². The molecular weight excluding hydrogens is 338 g/mol. The third-order valence-electron chi connectivity index (χ3n) is 4.87. The van der Waals surface area contributed by atoms with Crippen LogP contribution in [-0.2, 0) is 0 Å². The number of nitrogens with zero attached hydrogens (tertiary/aromatic N) is 1. The highest BCUT2D eigenvalue weighted by Gasteiger charge is 2.25. The van der Waals surface area contributed by atoms with Crippen LogP contribution in [0, 0.1) is 0 Å². The number of carbonyl (C=O) groups is 2. The van der Waals surface area contributed by atoms with Crippen molar-refractivity contribution in [2.45, 2.75) is 40.0 Å². The highest BCUT2D eigenvalue weighted by molar-refractivity contribution is 6.06. The second kappa shape index (κ2) is 10.1. The van der Waals surface area contributed by atoms with E-state index in [1.54, 1.807) is 0 Å². The van der Waals surface area contributed by atoms with Crippen molar-refractivity contribution in [1.82, 2.24) is 15.2 Å². The fourth-order valence-electron chi connectivity index (χ4n) is 3.33. The molecule has 5 nitrogen and oxygen atoms in total. The summed E-state index contributed by atoms with van der Waals surface area (Å²) in [5.41, 5.74) is 3.41. The molecule has 0 fully saturated rings. The molecule has 0 spiro atoms. The first-order valence-electron chi connectivity index (χ1n) is 9.80. The van der Waals surface area contributed by atoms with Crippen LogP contribution >= 0.6 is 0 Å². The number of hydrogen-bond acceptors (Lipinski definition) is 3. The van der Waals surface area contributed by atoms with E-state index in [-0.39, 0.29) is 11.8 Å². The van der Waals surface area contributed by atoms with Gasteiger partial charge in [-0.3, -0.25) is 9.59 Å². The molecule has 146 valence electrons. The third-order valence-corrected chi connectivity index (χ3v) is 4.87. The molecular formula is C22H31N3O2. The van der Waals surface area contributed by atoms with Crippen molar-refractivity contribution in [2.24, 2.45) is 0 Å². The zero-order chi connectivity index (χ0) is 19.8. The number of rotatable bonds is 10. The molecule has 0 bridgehead atoms. The van der Waals surface area contributed by atoms with Gasteiger partial charge in [-0.15, -0.1) is 0 Å². The Kier molecular flexibility index (Phi) is 7.80. The first-order valence-corrected chi connectivity index (χ1v) is 9.80. The van der Waals surface area contributed by atoms with Crippen molar-refractivity contribution in [3.05, 3.63) is 47.3 Å². The minimum atomic E-state index is -0.124. The summed E-state index contributed by atoms with van der Waals surface area (Å²) >= 11 is 0.